The molecule has 2 N–H and O–H groups in total. The summed E-state index contributed by atoms with van der Waals surface area (Å²) in [5.41, 5.74) is 2.04. The zero-order valence-electron chi connectivity index (χ0n) is 7.93. The molecule has 5 heteroatoms. The lowest BCUT2D eigenvalue weighted by Gasteiger charge is -2.02. The van der Waals surface area contributed by atoms with Crippen molar-refractivity contribution in [3.8, 4) is 5.69 Å². The number of halogens is 1. The summed E-state index contributed by atoms with van der Waals surface area (Å²) in [6.07, 6.45) is 3.64. The molecule has 0 radical (unpaired) electrons. The number of nitrogens with two attached hydrogens (primary N) is 1. The lowest BCUT2D eigenvalue weighted by molar-refractivity contribution is 0.124. The fraction of sp³-hybridized carbons (Fsp3) is 0.100. The largest absolute Gasteiger partial charge is 0.300 e. The molecule has 0 atom stereocenters. The van der Waals surface area contributed by atoms with E-state index < -0.39 is 0 Å². The highest BCUT2D eigenvalue weighted by atomic mass is 79.9. The summed E-state index contributed by atoms with van der Waals surface area (Å²) in [4.78, 5) is 4.55. The van der Waals surface area contributed by atoms with Crippen molar-refractivity contribution in [2.45, 2.75) is 6.61 Å². The first-order chi connectivity index (χ1) is 7.29. The molecule has 0 unspecified atom stereocenters. The van der Waals surface area contributed by atoms with Gasteiger partial charge >= 0.3 is 0 Å². The molecule has 0 amide bonds. The first kappa shape index (κ1) is 10.4. The van der Waals surface area contributed by atoms with Crippen LogP contribution in [0.5, 0.6) is 0 Å². The van der Waals surface area contributed by atoms with E-state index >= 15 is 0 Å². The smallest absolute Gasteiger partial charge is 0.0930 e. The van der Waals surface area contributed by atoms with Gasteiger partial charge in [-0.15, -0.1) is 0 Å². The maximum absolute atomic E-state index is 4.99. The maximum atomic E-state index is 4.99. The molecule has 0 bridgehead atoms. The molecular formula is C10H10BrN3O. The van der Waals surface area contributed by atoms with Gasteiger partial charge in [-0.05, 0) is 33.6 Å². The SMILES string of the molecule is NOCc1ccc(-n2cc(Br)cn2)cc1. The zero-order chi connectivity index (χ0) is 10.7. The Morgan fingerprint density at radius 2 is 2.07 bits per heavy atom. The second kappa shape index (κ2) is 4.57. The summed E-state index contributed by atoms with van der Waals surface area (Å²) in [5.74, 6) is 4.99. The molecule has 2 rings (SSSR count). The van der Waals surface area contributed by atoms with Crippen molar-refractivity contribution in [1.82, 2.24) is 9.78 Å². The van der Waals surface area contributed by atoms with Crippen LogP contribution >= 0.6 is 15.9 Å². The van der Waals surface area contributed by atoms with Crippen LogP contribution in [-0.4, -0.2) is 9.78 Å². The van der Waals surface area contributed by atoms with Crippen LogP contribution in [0.3, 0.4) is 0 Å². The first-order valence-electron chi connectivity index (χ1n) is 4.41. The molecule has 4 nitrogen and oxygen atoms in total. The van der Waals surface area contributed by atoms with Crippen LogP contribution in [0.25, 0.3) is 5.69 Å². The van der Waals surface area contributed by atoms with Crippen LogP contribution in [0.4, 0.5) is 0 Å². The number of nitrogens with zero attached hydrogens (tertiary/aromatic N) is 2. The number of hydrogen-bond donors (Lipinski definition) is 1. The molecule has 0 fully saturated rings. The second-order valence-corrected chi connectivity index (χ2v) is 4.00. The van der Waals surface area contributed by atoms with Crippen molar-refractivity contribution in [2.24, 2.45) is 5.90 Å². The molecule has 15 heavy (non-hydrogen) atoms. The predicted molar refractivity (Wildman–Crippen MR) is 60.2 cm³/mol. The summed E-state index contributed by atoms with van der Waals surface area (Å²) in [6.45, 7) is 0.420. The van der Waals surface area contributed by atoms with Crippen molar-refractivity contribution in [2.75, 3.05) is 0 Å². The Morgan fingerprint density at radius 3 is 2.60 bits per heavy atom. The number of benzene rings is 1. The Balaban J connectivity index is 2.23. The Kier molecular flexibility index (Phi) is 3.15. The third kappa shape index (κ3) is 2.44. The van der Waals surface area contributed by atoms with Gasteiger partial charge in [0.25, 0.3) is 0 Å². The topological polar surface area (TPSA) is 53.1 Å². The highest BCUT2D eigenvalue weighted by molar-refractivity contribution is 9.10. The minimum Gasteiger partial charge on any atom is -0.300 e. The van der Waals surface area contributed by atoms with Crippen molar-refractivity contribution in [1.29, 1.82) is 0 Å². The third-order valence-corrected chi connectivity index (χ3v) is 2.41. The van der Waals surface area contributed by atoms with Crippen LogP contribution in [0.1, 0.15) is 5.56 Å². The van der Waals surface area contributed by atoms with E-state index in [2.05, 4.69) is 25.9 Å². The van der Waals surface area contributed by atoms with Gasteiger partial charge in [-0.1, -0.05) is 12.1 Å². The van der Waals surface area contributed by atoms with E-state index in [1.54, 1.807) is 10.9 Å². The zero-order valence-corrected chi connectivity index (χ0v) is 9.52. The number of aromatic nitrogens is 2. The van der Waals surface area contributed by atoms with E-state index in [4.69, 9.17) is 5.90 Å². The monoisotopic (exact) mass is 267 g/mol. The first-order valence-corrected chi connectivity index (χ1v) is 5.20. The fourth-order valence-corrected chi connectivity index (χ4v) is 1.57. The minimum absolute atomic E-state index is 0.420. The minimum atomic E-state index is 0.420. The lowest BCUT2D eigenvalue weighted by atomic mass is 10.2. The summed E-state index contributed by atoms with van der Waals surface area (Å²) >= 11 is 3.35. The van der Waals surface area contributed by atoms with Crippen LogP contribution in [0.2, 0.25) is 0 Å². The van der Waals surface area contributed by atoms with E-state index in [-0.39, 0.29) is 0 Å². The average Bonchev–Trinajstić information content (AvgIpc) is 2.67. The molecule has 0 saturated carbocycles. The molecule has 0 aliphatic heterocycles. The number of hydrogen-bond acceptors (Lipinski definition) is 3. The van der Waals surface area contributed by atoms with Gasteiger partial charge in [0.15, 0.2) is 0 Å². The van der Waals surface area contributed by atoms with E-state index in [1.165, 1.54) is 0 Å². The maximum Gasteiger partial charge on any atom is 0.0930 e. The highest BCUT2D eigenvalue weighted by Crippen LogP contribution is 2.13. The van der Waals surface area contributed by atoms with Gasteiger partial charge in [-0.3, -0.25) is 4.84 Å². The Hall–Kier alpha value is -1.17. The van der Waals surface area contributed by atoms with Crippen molar-refractivity contribution >= 4 is 15.9 Å². The molecule has 0 saturated heterocycles. The molecule has 0 spiro atoms. The highest BCUT2D eigenvalue weighted by Gasteiger charge is 1.98. The summed E-state index contributed by atoms with van der Waals surface area (Å²) < 4.78 is 2.74. The molecular weight excluding hydrogens is 258 g/mol. The molecule has 2 aromatic rings. The average molecular weight is 268 g/mol. The normalized spacial score (nSPS) is 10.5. The third-order valence-electron chi connectivity index (χ3n) is 2.00. The quantitative estimate of drug-likeness (QED) is 0.866. The van der Waals surface area contributed by atoms with Gasteiger partial charge in [0.05, 0.1) is 23.0 Å². The summed E-state index contributed by atoms with van der Waals surface area (Å²) in [6, 6.07) is 7.84. The van der Waals surface area contributed by atoms with Crippen LogP contribution in [-0.2, 0) is 11.4 Å². The van der Waals surface area contributed by atoms with Crippen molar-refractivity contribution in [3.63, 3.8) is 0 Å². The van der Waals surface area contributed by atoms with Gasteiger partial charge in [0.1, 0.15) is 0 Å². The van der Waals surface area contributed by atoms with E-state index in [0.29, 0.717) is 6.61 Å². The van der Waals surface area contributed by atoms with E-state index in [0.717, 1.165) is 15.7 Å². The van der Waals surface area contributed by atoms with E-state index in [1.807, 2.05) is 30.5 Å². The van der Waals surface area contributed by atoms with Crippen molar-refractivity contribution < 1.29 is 4.84 Å². The van der Waals surface area contributed by atoms with Crippen LogP contribution in [0.15, 0.2) is 41.1 Å². The van der Waals surface area contributed by atoms with Gasteiger partial charge in [-0.2, -0.15) is 5.10 Å². The standard InChI is InChI=1S/C10H10BrN3O/c11-9-5-13-14(6-9)10-3-1-8(2-4-10)7-15-12/h1-6H,7,12H2. The predicted octanol–water partition coefficient (Wildman–Crippen LogP) is 2.03. The Morgan fingerprint density at radius 1 is 1.33 bits per heavy atom. The van der Waals surface area contributed by atoms with Crippen molar-refractivity contribution in [3.05, 3.63) is 46.7 Å². The van der Waals surface area contributed by atoms with Gasteiger partial charge in [-0.25, -0.2) is 10.6 Å². The molecule has 1 heterocycles. The molecule has 1 aromatic carbocycles. The van der Waals surface area contributed by atoms with Crippen LogP contribution < -0.4 is 5.90 Å². The van der Waals surface area contributed by atoms with Gasteiger partial charge < -0.3 is 0 Å². The molecule has 1 aromatic heterocycles. The Labute approximate surface area is 95.7 Å². The summed E-state index contributed by atoms with van der Waals surface area (Å²) in [5, 5.41) is 4.18. The molecule has 78 valence electrons. The lowest BCUT2D eigenvalue weighted by Crippen LogP contribution is -1.99. The van der Waals surface area contributed by atoms with E-state index in [9.17, 15) is 0 Å². The summed E-state index contributed by atoms with van der Waals surface area (Å²) in [7, 11) is 0. The molecule has 0 aliphatic rings. The molecule has 0 aliphatic carbocycles. The van der Waals surface area contributed by atoms with Crippen LogP contribution in [0, 0.1) is 0 Å². The fourth-order valence-electron chi connectivity index (χ4n) is 1.28. The number of rotatable bonds is 3. The van der Waals surface area contributed by atoms with Gasteiger partial charge in [0, 0.05) is 6.20 Å². The Bertz CT molecular complexity index is 438. The second-order valence-electron chi connectivity index (χ2n) is 3.08. The van der Waals surface area contributed by atoms with Gasteiger partial charge in [0.2, 0.25) is 0 Å².